The molecule has 0 fully saturated rings. The van der Waals surface area contributed by atoms with Crippen LogP contribution < -0.4 is 16.0 Å². The maximum Gasteiger partial charge on any atom is 0.227 e. The molecule has 0 saturated carbocycles. The van der Waals surface area contributed by atoms with Crippen molar-refractivity contribution in [2.75, 3.05) is 18.9 Å². The molecule has 2 rings (SSSR count). The number of hydrogen-bond acceptors (Lipinski definition) is 5. The minimum Gasteiger partial charge on any atom is -0.444 e. The summed E-state index contributed by atoms with van der Waals surface area (Å²) in [5.74, 6) is 2.43. The number of aryl methyl sites for hydroxylation is 3. The van der Waals surface area contributed by atoms with E-state index in [1.165, 1.54) is 0 Å². The highest BCUT2D eigenvalue weighted by atomic mass is 127. The number of oxazole rings is 1. The van der Waals surface area contributed by atoms with Gasteiger partial charge in [-0.15, -0.1) is 24.0 Å². The molecule has 0 aliphatic rings. The smallest absolute Gasteiger partial charge is 0.227 e. The first-order valence-corrected chi connectivity index (χ1v) is 8.09. The van der Waals surface area contributed by atoms with Gasteiger partial charge in [0.1, 0.15) is 11.6 Å². The molecular weight excluding hydrogens is 447 g/mol. The molecule has 0 spiro atoms. The van der Waals surface area contributed by atoms with Gasteiger partial charge in [-0.05, 0) is 32.9 Å². The number of pyridine rings is 1. The summed E-state index contributed by atoms with van der Waals surface area (Å²) in [6.07, 6.45) is 0.299. The number of anilines is 1. The Morgan fingerprint density at radius 2 is 1.96 bits per heavy atom. The van der Waals surface area contributed by atoms with Gasteiger partial charge in [0, 0.05) is 25.7 Å². The second kappa shape index (κ2) is 10.7. The SMILES string of the molecule is CN=C(NCCC(=O)Nc1cccc(C)n1)NCc1nc(C)c(C)o1.I. The molecule has 2 aromatic heterocycles. The predicted molar refractivity (Wildman–Crippen MR) is 112 cm³/mol. The Hall–Kier alpha value is -2.17. The van der Waals surface area contributed by atoms with Crippen LogP contribution in [-0.2, 0) is 11.3 Å². The normalized spacial score (nSPS) is 10.8. The standard InChI is InChI=1S/C17H24N6O2.HI/c1-11-6-5-7-14(21-11)23-15(24)8-9-19-17(18-4)20-10-16-22-12(2)13(3)25-16;/h5-7H,8-10H2,1-4H3,(H2,18,19,20)(H,21,23,24);1H. The molecule has 0 saturated heterocycles. The number of carbonyl (C=O) groups excluding carboxylic acids is 1. The van der Waals surface area contributed by atoms with E-state index < -0.39 is 0 Å². The number of aromatic nitrogens is 2. The summed E-state index contributed by atoms with van der Waals surface area (Å²) in [6, 6.07) is 5.50. The van der Waals surface area contributed by atoms with Gasteiger partial charge in [0.15, 0.2) is 5.96 Å². The van der Waals surface area contributed by atoms with Gasteiger partial charge >= 0.3 is 0 Å². The summed E-state index contributed by atoms with van der Waals surface area (Å²) >= 11 is 0. The van der Waals surface area contributed by atoms with Gasteiger partial charge in [-0.25, -0.2) is 9.97 Å². The Labute approximate surface area is 170 Å². The third kappa shape index (κ3) is 6.98. The van der Waals surface area contributed by atoms with Crippen molar-refractivity contribution in [1.29, 1.82) is 0 Å². The van der Waals surface area contributed by atoms with Crippen molar-refractivity contribution >= 4 is 41.7 Å². The average Bonchev–Trinajstić information content (AvgIpc) is 2.89. The second-order valence-corrected chi connectivity index (χ2v) is 5.56. The number of amides is 1. The fourth-order valence-corrected chi connectivity index (χ4v) is 2.11. The maximum atomic E-state index is 11.9. The van der Waals surface area contributed by atoms with Gasteiger partial charge in [-0.1, -0.05) is 6.07 Å². The first-order valence-electron chi connectivity index (χ1n) is 8.09. The molecule has 2 heterocycles. The van der Waals surface area contributed by atoms with Crippen LogP contribution in [0.1, 0.15) is 29.5 Å². The van der Waals surface area contributed by atoms with Gasteiger partial charge in [0.2, 0.25) is 11.8 Å². The van der Waals surface area contributed by atoms with E-state index in [0.717, 1.165) is 17.1 Å². The van der Waals surface area contributed by atoms with Crippen LogP contribution in [0.5, 0.6) is 0 Å². The summed E-state index contributed by atoms with van der Waals surface area (Å²) < 4.78 is 5.50. The molecule has 3 N–H and O–H groups in total. The van der Waals surface area contributed by atoms with Crippen LogP contribution in [0.2, 0.25) is 0 Å². The quantitative estimate of drug-likeness (QED) is 0.339. The number of guanidine groups is 1. The number of hydrogen-bond donors (Lipinski definition) is 3. The Kier molecular flexibility index (Phi) is 9.03. The highest BCUT2D eigenvalue weighted by molar-refractivity contribution is 14.0. The number of aliphatic imine (C=N–C) groups is 1. The lowest BCUT2D eigenvalue weighted by Crippen LogP contribution is -2.38. The fraction of sp³-hybridized carbons (Fsp3) is 0.412. The fourth-order valence-electron chi connectivity index (χ4n) is 2.11. The van der Waals surface area contributed by atoms with E-state index in [-0.39, 0.29) is 29.9 Å². The van der Waals surface area contributed by atoms with Crippen LogP contribution in [0.15, 0.2) is 27.6 Å². The second-order valence-electron chi connectivity index (χ2n) is 5.56. The topological polar surface area (TPSA) is 104 Å². The number of nitrogens with zero attached hydrogens (tertiary/aromatic N) is 3. The molecular formula is C17H25IN6O2. The Bertz CT molecular complexity index is 740. The van der Waals surface area contributed by atoms with E-state index in [2.05, 4.69) is 30.9 Å². The van der Waals surface area contributed by atoms with Crippen molar-refractivity contribution in [3.05, 3.63) is 41.2 Å². The molecule has 0 aliphatic carbocycles. The average molecular weight is 472 g/mol. The lowest BCUT2D eigenvalue weighted by Gasteiger charge is -2.10. The molecule has 8 nitrogen and oxygen atoms in total. The Morgan fingerprint density at radius 1 is 1.19 bits per heavy atom. The summed E-state index contributed by atoms with van der Waals surface area (Å²) in [4.78, 5) is 24.6. The van der Waals surface area contributed by atoms with Crippen molar-refractivity contribution in [3.8, 4) is 0 Å². The molecule has 0 radical (unpaired) electrons. The third-order valence-corrected chi connectivity index (χ3v) is 3.50. The summed E-state index contributed by atoms with van der Waals surface area (Å²) in [5.41, 5.74) is 1.73. The number of rotatable bonds is 6. The van der Waals surface area contributed by atoms with Crippen molar-refractivity contribution in [1.82, 2.24) is 20.6 Å². The van der Waals surface area contributed by atoms with Crippen molar-refractivity contribution < 1.29 is 9.21 Å². The summed E-state index contributed by atoms with van der Waals surface area (Å²) in [6.45, 7) is 6.52. The van der Waals surface area contributed by atoms with E-state index in [1.54, 1.807) is 13.1 Å². The van der Waals surface area contributed by atoms with Crippen LogP contribution in [0.3, 0.4) is 0 Å². The molecule has 0 bridgehead atoms. The van der Waals surface area contributed by atoms with E-state index >= 15 is 0 Å². The highest BCUT2D eigenvalue weighted by Gasteiger charge is 2.07. The predicted octanol–water partition coefficient (Wildman–Crippen LogP) is 2.31. The minimum atomic E-state index is -0.111. The largest absolute Gasteiger partial charge is 0.444 e. The van der Waals surface area contributed by atoms with Gasteiger partial charge in [0.05, 0.1) is 12.2 Å². The van der Waals surface area contributed by atoms with Crippen molar-refractivity contribution in [3.63, 3.8) is 0 Å². The summed E-state index contributed by atoms with van der Waals surface area (Å²) in [7, 11) is 1.66. The van der Waals surface area contributed by atoms with E-state index in [4.69, 9.17) is 4.42 Å². The van der Waals surface area contributed by atoms with Crippen LogP contribution in [0, 0.1) is 20.8 Å². The zero-order valence-electron chi connectivity index (χ0n) is 15.4. The molecule has 0 unspecified atom stereocenters. The highest BCUT2D eigenvalue weighted by Crippen LogP contribution is 2.07. The van der Waals surface area contributed by atoms with Crippen LogP contribution in [0.25, 0.3) is 0 Å². The summed E-state index contributed by atoms with van der Waals surface area (Å²) in [5, 5.41) is 8.94. The van der Waals surface area contributed by atoms with Gasteiger partial charge in [0.25, 0.3) is 0 Å². The molecule has 2 aromatic rings. The zero-order valence-corrected chi connectivity index (χ0v) is 17.8. The van der Waals surface area contributed by atoms with Gasteiger partial charge in [-0.2, -0.15) is 0 Å². The van der Waals surface area contributed by atoms with Gasteiger partial charge in [-0.3, -0.25) is 9.79 Å². The zero-order chi connectivity index (χ0) is 18.2. The molecule has 0 atom stereocenters. The molecule has 26 heavy (non-hydrogen) atoms. The van der Waals surface area contributed by atoms with Gasteiger partial charge < -0.3 is 20.4 Å². The molecule has 0 aromatic carbocycles. The first kappa shape index (κ1) is 21.9. The van der Waals surface area contributed by atoms with E-state index in [1.807, 2.05) is 32.9 Å². The lowest BCUT2D eigenvalue weighted by atomic mass is 10.3. The molecule has 9 heteroatoms. The third-order valence-electron chi connectivity index (χ3n) is 3.50. The minimum absolute atomic E-state index is 0. The van der Waals surface area contributed by atoms with Crippen LogP contribution in [-0.4, -0.2) is 35.4 Å². The van der Waals surface area contributed by atoms with E-state index in [9.17, 15) is 4.79 Å². The Morgan fingerprint density at radius 3 is 2.58 bits per heavy atom. The lowest BCUT2D eigenvalue weighted by molar-refractivity contribution is -0.116. The van der Waals surface area contributed by atoms with Crippen LogP contribution >= 0.6 is 24.0 Å². The van der Waals surface area contributed by atoms with Crippen molar-refractivity contribution in [2.24, 2.45) is 4.99 Å². The first-order chi connectivity index (χ1) is 12.0. The van der Waals surface area contributed by atoms with E-state index in [0.29, 0.717) is 37.2 Å². The number of carbonyl (C=O) groups is 1. The number of nitrogens with one attached hydrogen (secondary N) is 3. The molecule has 1 amide bonds. The molecule has 0 aliphatic heterocycles. The monoisotopic (exact) mass is 472 g/mol. The maximum absolute atomic E-state index is 11.9. The Balaban J connectivity index is 0.00000338. The van der Waals surface area contributed by atoms with Crippen molar-refractivity contribution in [2.45, 2.75) is 33.7 Å². The molecule has 142 valence electrons. The van der Waals surface area contributed by atoms with Crippen LogP contribution in [0.4, 0.5) is 5.82 Å². The number of halogens is 1.